The molecule has 1 aliphatic heterocycles. The minimum atomic E-state index is 0.768. The third kappa shape index (κ3) is 3.51. The summed E-state index contributed by atoms with van der Waals surface area (Å²) in [7, 11) is 0. The summed E-state index contributed by atoms with van der Waals surface area (Å²) >= 11 is 0. The van der Waals surface area contributed by atoms with Crippen LogP contribution in [0.3, 0.4) is 0 Å². The second-order valence-electron chi connectivity index (χ2n) is 4.39. The van der Waals surface area contributed by atoms with Crippen LogP contribution in [0.5, 0.6) is 0 Å². The van der Waals surface area contributed by atoms with Crippen molar-refractivity contribution in [3.05, 3.63) is 29.8 Å². The van der Waals surface area contributed by atoms with Gasteiger partial charge in [-0.2, -0.15) is 0 Å². The van der Waals surface area contributed by atoms with Crippen molar-refractivity contribution < 1.29 is 0 Å². The van der Waals surface area contributed by atoms with Crippen LogP contribution in [0.15, 0.2) is 24.3 Å². The molecule has 0 atom stereocenters. The van der Waals surface area contributed by atoms with E-state index in [0.717, 1.165) is 13.1 Å². The first-order valence-electron chi connectivity index (χ1n) is 6.34. The Morgan fingerprint density at radius 2 is 1.88 bits per heavy atom. The van der Waals surface area contributed by atoms with Gasteiger partial charge in [0, 0.05) is 25.3 Å². The molecule has 0 bridgehead atoms. The maximum absolute atomic E-state index is 3.30. The lowest BCUT2D eigenvalue weighted by atomic mass is 10.2. The molecule has 90 valence electrons. The molecule has 1 aliphatic rings. The first-order chi connectivity index (χ1) is 8.40. The largest absolute Gasteiger partial charge is 0.372 e. The van der Waals surface area contributed by atoms with Crippen molar-refractivity contribution in [3.8, 4) is 11.8 Å². The molecule has 2 heteroatoms. The van der Waals surface area contributed by atoms with Gasteiger partial charge in [-0.1, -0.05) is 18.1 Å². The van der Waals surface area contributed by atoms with Crippen LogP contribution in [-0.2, 0) is 6.54 Å². The fourth-order valence-corrected chi connectivity index (χ4v) is 2.16. The average Bonchev–Trinajstić information content (AvgIpc) is 2.89. The lowest BCUT2D eigenvalue weighted by Crippen LogP contribution is -2.17. The van der Waals surface area contributed by atoms with E-state index in [2.05, 4.69) is 46.3 Å². The van der Waals surface area contributed by atoms with Crippen LogP contribution < -0.4 is 10.2 Å². The topological polar surface area (TPSA) is 15.3 Å². The van der Waals surface area contributed by atoms with Crippen LogP contribution in [0.4, 0.5) is 5.69 Å². The van der Waals surface area contributed by atoms with Gasteiger partial charge < -0.3 is 10.2 Å². The monoisotopic (exact) mass is 228 g/mol. The zero-order chi connectivity index (χ0) is 11.9. The van der Waals surface area contributed by atoms with Gasteiger partial charge in [0.1, 0.15) is 0 Å². The fourth-order valence-electron chi connectivity index (χ4n) is 2.16. The predicted octanol–water partition coefficient (Wildman–Crippen LogP) is 2.40. The maximum atomic E-state index is 3.30. The highest BCUT2D eigenvalue weighted by atomic mass is 15.1. The molecule has 0 aliphatic carbocycles. The number of nitrogens with zero attached hydrogens (tertiary/aromatic N) is 1. The highest BCUT2D eigenvalue weighted by molar-refractivity contribution is 5.48. The van der Waals surface area contributed by atoms with E-state index in [4.69, 9.17) is 0 Å². The van der Waals surface area contributed by atoms with Gasteiger partial charge in [-0.15, -0.1) is 5.92 Å². The van der Waals surface area contributed by atoms with Crippen molar-refractivity contribution in [1.29, 1.82) is 0 Å². The number of benzene rings is 1. The van der Waals surface area contributed by atoms with Gasteiger partial charge in [0.25, 0.3) is 0 Å². The second-order valence-corrected chi connectivity index (χ2v) is 4.39. The van der Waals surface area contributed by atoms with Crippen molar-refractivity contribution in [2.45, 2.75) is 26.3 Å². The quantitative estimate of drug-likeness (QED) is 0.629. The lowest BCUT2D eigenvalue weighted by molar-refractivity contribution is 0.769. The summed E-state index contributed by atoms with van der Waals surface area (Å²) in [4.78, 5) is 2.46. The number of rotatable bonds is 4. The van der Waals surface area contributed by atoms with E-state index >= 15 is 0 Å². The Labute approximate surface area is 104 Å². The van der Waals surface area contributed by atoms with E-state index in [1.165, 1.54) is 37.2 Å². The maximum Gasteiger partial charge on any atom is 0.0578 e. The van der Waals surface area contributed by atoms with E-state index < -0.39 is 0 Å². The van der Waals surface area contributed by atoms with E-state index in [1.807, 2.05) is 6.92 Å². The molecule has 1 aromatic carbocycles. The highest BCUT2D eigenvalue weighted by Gasteiger charge is 2.11. The molecule has 1 heterocycles. The van der Waals surface area contributed by atoms with E-state index in [0.29, 0.717) is 0 Å². The van der Waals surface area contributed by atoms with Gasteiger partial charge in [0.15, 0.2) is 0 Å². The Morgan fingerprint density at radius 3 is 2.53 bits per heavy atom. The van der Waals surface area contributed by atoms with E-state index in [-0.39, 0.29) is 0 Å². The molecule has 1 saturated heterocycles. The zero-order valence-electron chi connectivity index (χ0n) is 10.5. The van der Waals surface area contributed by atoms with Gasteiger partial charge >= 0.3 is 0 Å². The minimum Gasteiger partial charge on any atom is -0.372 e. The normalized spacial score (nSPS) is 14.5. The molecule has 1 fully saturated rings. The number of nitrogens with one attached hydrogen (secondary N) is 1. The molecule has 2 nitrogen and oxygen atoms in total. The van der Waals surface area contributed by atoms with E-state index in [9.17, 15) is 0 Å². The van der Waals surface area contributed by atoms with Gasteiger partial charge in [0.2, 0.25) is 0 Å². The molecule has 0 radical (unpaired) electrons. The molecule has 0 unspecified atom stereocenters. The van der Waals surface area contributed by atoms with Crippen LogP contribution in [-0.4, -0.2) is 19.6 Å². The standard InChI is InChI=1S/C15H20N2/c1-2-3-10-16-13-14-6-8-15(9-7-14)17-11-4-5-12-17/h6-9,16H,4-5,10-13H2,1H3. The molecular weight excluding hydrogens is 208 g/mol. The molecule has 2 rings (SSSR count). The van der Waals surface area contributed by atoms with Crippen LogP contribution >= 0.6 is 0 Å². The number of hydrogen-bond donors (Lipinski definition) is 1. The summed E-state index contributed by atoms with van der Waals surface area (Å²) in [5.41, 5.74) is 2.69. The fraction of sp³-hybridized carbons (Fsp3) is 0.467. The second kappa shape index (κ2) is 6.32. The molecule has 17 heavy (non-hydrogen) atoms. The molecule has 0 saturated carbocycles. The molecule has 0 spiro atoms. The summed E-state index contributed by atoms with van der Waals surface area (Å²) in [5, 5.41) is 3.30. The molecule has 0 amide bonds. The number of hydrogen-bond acceptors (Lipinski definition) is 2. The lowest BCUT2D eigenvalue weighted by Gasteiger charge is -2.17. The highest BCUT2D eigenvalue weighted by Crippen LogP contribution is 2.20. The first kappa shape index (κ1) is 12.0. The summed E-state index contributed by atoms with van der Waals surface area (Å²) in [6.07, 6.45) is 2.66. The molecule has 0 aromatic heterocycles. The zero-order valence-corrected chi connectivity index (χ0v) is 10.5. The van der Waals surface area contributed by atoms with Crippen LogP contribution in [0.25, 0.3) is 0 Å². The Morgan fingerprint density at radius 1 is 1.18 bits per heavy atom. The van der Waals surface area contributed by atoms with Crippen molar-refractivity contribution >= 4 is 5.69 Å². The van der Waals surface area contributed by atoms with Gasteiger partial charge in [-0.3, -0.25) is 0 Å². The van der Waals surface area contributed by atoms with Gasteiger partial charge in [0.05, 0.1) is 6.54 Å². The van der Waals surface area contributed by atoms with Crippen molar-refractivity contribution in [3.63, 3.8) is 0 Å². The van der Waals surface area contributed by atoms with Crippen LogP contribution in [0, 0.1) is 11.8 Å². The summed E-state index contributed by atoms with van der Waals surface area (Å²) in [6, 6.07) is 8.88. The summed E-state index contributed by atoms with van der Waals surface area (Å²) in [6.45, 7) is 5.96. The molecule has 1 N–H and O–H groups in total. The van der Waals surface area contributed by atoms with Crippen molar-refractivity contribution in [2.24, 2.45) is 0 Å². The third-order valence-corrected chi connectivity index (χ3v) is 3.13. The Kier molecular flexibility index (Phi) is 4.46. The van der Waals surface area contributed by atoms with Gasteiger partial charge in [-0.05, 0) is 37.5 Å². The predicted molar refractivity (Wildman–Crippen MR) is 73.0 cm³/mol. The van der Waals surface area contributed by atoms with Crippen molar-refractivity contribution in [1.82, 2.24) is 5.32 Å². The van der Waals surface area contributed by atoms with Gasteiger partial charge in [-0.25, -0.2) is 0 Å². The van der Waals surface area contributed by atoms with Crippen LogP contribution in [0.2, 0.25) is 0 Å². The van der Waals surface area contributed by atoms with Crippen LogP contribution in [0.1, 0.15) is 25.3 Å². The summed E-state index contributed by atoms with van der Waals surface area (Å²) in [5.74, 6) is 5.89. The third-order valence-electron chi connectivity index (χ3n) is 3.13. The molecule has 1 aromatic rings. The number of anilines is 1. The smallest absolute Gasteiger partial charge is 0.0578 e. The Bertz CT molecular complexity index is 391. The molecular formula is C15H20N2. The minimum absolute atomic E-state index is 0.768. The van der Waals surface area contributed by atoms with E-state index in [1.54, 1.807) is 0 Å². The first-order valence-corrected chi connectivity index (χ1v) is 6.34. The Hall–Kier alpha value is -1.46. The Balaban J connectivity index is 1.85. The SMILES string of the molecule is CC#CCNCc1ccc(N2CCCC2)cc1. The average molecular weight is 228 g/mol. The summed E-state index contributed by atoms with van der Waals surface area (Å²) < 4.78 is 0. The van der Waals surface area contributed by atoms with Crippen molar-refractivity contribution in [2.75, 3.05) is 24.5 Å².